The minimum Gasteiger partial charge on any atom is -0.361 e. The molecule has 0 aromatic heterocycles. The maximum absolute atomic E-state index is 11.7. The fraction of sp³-hybridized carbons (Fsp3) is 0.900. The van der Waals surface area contributed by atoms with E-state index in [1.54, 1.807) is 11.9 Å². The number of nitrogens with zero attached hydrogens (tertiary/aromatic N) is 1. The molecule has 0 unspecified atom stereocenters. The molecule has 13 heavy (non-hydrogen) atoms. The standard InChI is InChI=1S/C10H21NO2/c1-6-10(3,4)9(12)11(5)8-13-7-2/h6-8H2,1-5H3. The van der Waals surface area contributed by atoms with Gasteiger partial charge in [0, 0.05) is 19.1 Å². The van der Waals surface area contributed by atoms with E-state index in [4.69, 9.17) is 4.74 Å². The second-order valence-corrected chi connectivity index (χ2v) is 3.86. The highest BCUT2D eigenvalue weighted by Gasteiger charge is 2.28. The van der Waals surface area contributed by atoms with Gasteiger partial charge in [-0.3, -0.25) is 4.79 Å². The molecule has 0 aliphatic rings. The molecule has 0 fully saturated rings. The van der Waals surface area contributed by atoms with Crippen molar-refractivity contribution in [3.05, 3.63) is 0 Å². The average Bonchev–Trinajstić information content (AvgIpc) is 2.12. The molecule has 0 radical (unpaired) electrons. The van der Waals surface area contributed by atoms with E-state index in [0.29, 0.717) is 13.3 Å². The molecule has 78 valence electrons. The van der Waals surface area contributed by atoms with Crippen molar-refractivity contribution in [2.45, 2.75) is 34.1 Å². The van der Waals surface area contributed by atoms with Gasteiger partial charge in [0.25, 0.3) is 0 Å². The fourth-order valence-corrected chi connectivity index (χ4v) is 0.955. The number of hydrogen-bond donors (Lipinski definition) is 0. The molecule has 0 aliphatic heterocycles. The molecule has 0 aliphatic carbocycles. The van der Waals surface area contributed by atoms with E-state index in [0.717, 1.165) is 6.42 Å². The topological polar surface area (TPSA) is 29.5 Å². The minimum absolute atomic E-state index is 0.142. The normalized spacial score (nSPS) is 11.5. The van der Waals surface area contributed by atoms with Crippen LogP contribution in [0.1, 0.15) is 34.1 Å². The van der Waals surface area contributed by atoms with Gasteiger partial charge >= 0.3 is 0 Å². The molecule has 0 saturated carbocycles. The van der Waals surface area contributed by atoms with E-state index >= 15 is 0 Å². The lowest BCUT2D eigenvalue weighted by Gasteiger charge is -2.27. The zero-order valence-corrected chi connectivity index (χ0v) is 9.39. The molecule has 1 amide bonds. The average molecular weight is 187 g/mol. The summed E-state index contributed by atoms with van der Waals surface area (Å²) in [5, 5.41) is 0. The first-order valence-corrected chi connectivity index (χ1v) is 4.79. The highest BCUT2D eigenvalue weighted by molar-refractivity contribution is 5.81. The summed E-state index contributed by atoms with van der Waals surface area (Å²) >= 11 is 0. The highest BCUT2D eigenvalue weighted by Crippen LogP contribution is 2.22. The van der Waals surface area contributed by atoms with Crippen LogP contribution in [-0.4, -0.2) is 31.2 Å². The predicted molar refractivity (Wildman–Crippen MR) is 53.3 cm³/mol. The van der Waals surface area contributed by atoms with Crippen LogP contribution in [0.3, 0.4) is 0 Å². The molecule has 0 heterocycles. The number of hydrogen-bond acceptors (Lipinski definition) is 2. The van der Waals surface area contributed by atoms with Crippen LogP contribution in [0.5, 0.6) is 0 Å². The van der Waals surface area contributed by atoms with Gasteiger partial charge in [-0.05, 0) is 13.3 Å². The quantitative estimate of drug-likeness (QED) is 0.615. The first-order valence-electron chi connectivity index (χ1n) is 4.79. The van der Waals surface area contributed by atoms with E-state index in [-0.39, 0.29) is 11.3 Å². The van der Waals surface area contributed by atoms with Crippen LogP contribution in [0, 0.1) is 5.41 Å². The van der Waals surface area contributed by atoms with Gasteiger partial charge in [0.1, 0.15) is 6.73 Å². The SMILES string of the molecule is CCOCN(C)C(=O)C(C)(C)CC. The Kier molecular flexibility index (Phi) is 4.99. The van der Waals surface area contributed by atoms with Crippen molar-refractivity contribution in [3.8, 4) is 0 Å². The van der Waals surface area contributed by atoms with Crippen LogP contribution in [0.15, 0.2) is 0 Å². The minimum atomic E-state index is -0.272. The molecule has 3 heteroatoms. The fourth-order valence-electron chi connectivity index (χ4n) is 0.955. The zero-order valence-electron chi connectivity index (χ0n) is 9.39. The largest absolute Gasteiger partial charge is 0.361 e. The number of carbonyl (C=O) groups excluding carboxylic acids is 1. The summed E-state index contributed by atoms with van der Waals surface area (Å²) in [6, 6.07) is 0. The molecule has 3 nitrogen and oxygen atoms in total. The van der Waals surface area contributed by atoms with Crippen LogP contribution in [-0.2, 0) is 9.53 Å². The molecule has 0 aromatic rings. The Bertz CT molecular complexity index is 166. The Labute approximate surface area is 81.1 Å². The van der Waals surface area contributed by atoms with Crippen LogP contribution in [0.4, 0.5) is 0 Å². The van der Waals surface area contributed by atoms with Gasteiger partial charge in [-0.25, -0.2) is 0 Å². The van der Waals surface area contributed by atoms with Gasteiger partial charge in [0.15, 0.2) is 0 Å². The summed E-state index contributed by atoms with van der Waals surface area (Å²) < 4.78 is 5.16. The van der Waals surface area contributed by atoms with E-state index in [1.807, 2.05) is 27.7 Å². The number of carbonyl (C=O) groups is 1. The van der Waals surface area contributed by atoms with Crippen molar-refractivity contribution in [2.75, 3.05) is 20.4 Å². The molecule has 0 bridgehead atoms. The Morgan fingerprint density at radius 2 is 1.92 bits per heavy atom. The van der Waals surface area contributed by atoms with Crippen LogP contribution < -0.4 is 0 Å². The lowest BCUT2D eigenvalue weighted by Crippen LogP contribution is -2.39. The van der Waals surface area contributed by atoms with Crippen molar-refractivity contribution in [1.82, 2.24) is 4.90 Å². The third kappa shape index (κ3) is 3.77. The van der Waals surface area contributed by atoms with E-state index in [2.05, 4.69) is 0 Å². The monoisotopic (exact) mass is 187 g/mol. The molecule has 0 spiro atoms. The molecular weight excluding hydrogens is 166 g/mol. The van der Waals surface area contributed by atoms with Gasteiger partial charge in [0.2, 0.25) is 5.91 Å². The van der Waals surface area contributed by atoms with Gasteiger partial charge in [-0.2, -0.15) is 0 Å². The van der Waals surface area contributed by atoms with Gasteiger partial charge < -0.3 is 9.64 Å². The molecular formula is C10H21NO2. The highest BCUT2D eigenvalue weighted by atomic mass is 16.5. The van der Waals surface area contributed by atoms with E-state index < -0.39 is 0 Å². The van der Waals surface area contributed by atoms with E-state index in [9.17, 15) is 4.79 Å². The molecule has 0 rings (SSSR count). The van der Waals surface area contributed by atoms with Crippen molar-refractivity contribution in [1.29, 1.82) is 0 Å². The Hall–Kier alpha value is -0.570. The van der Waals surface area contributed by atoms with Gasteiger partial charge in [-0.15, -0.1) is 0 Å². The second kappa shape index (κ2) is 5.22. The molecule has 0 atom stereocenters. The maximum atomic E-state index is 11.7. The third-order valence-corrected chi connectivity index (χ3v) is 2.30. The van der Waals surface area contributed by atoms with E-state index in [1.165, 1.54) is 0 Å². The maximum Gasteiger partial charge on any atom is 0.229 e. The molecule has 0 aromatic carbocycles. The summed E-state index contributed by atoms with van der Waals surface area (Å²) in [6.07, 6.45) is 0.850. The summed E-state index contributed by atoms with van der Waals surface area (Å²) in [5.74, 6) is 0.142. The second-order valence-electron chi connectivity index (χ2n) is 3.86. The van der Waals surface area contributed by atoms with Crippen molar-refractivity contribution < 1.29 is 9.53 Å². The van der Waals surface area contributed by atoms with Crippen molar-refractivity contribution >= 4 is 5.91 Å². The van der Waals surface area contributed by atoms with Crippen LogP contribution in [0.25, 0.3) is 0 Å². The summed E-state index contributed by atoms with van der Waals surface area (Å²) in [4.78, 5) is 13.4. The number of ether oxygens (including phenoxy) is 1. The Balaban J connectivity index is 4.09. The first kappa shape index (κ1) is 12.4. The number of rotatable bonds is 5. The smallest absolute Gasteiger partial charge is 0.229 e. The lowest BCUT2D eigenvalue weighted by molar-refractivity contribution is -0.144. The molecule has 0 N–H and O–H groups in total. The number of amides is 1. The Morgan fingerprint density at radius 1 is 1.38 bits per heavy atom. The third-order valence-electron chi connectivity index (χ3n) is 2.30. The predicted octanol–water partition coefficient (Wildman–Crippen LogP) is 1.88. The van der Waals surface area contributed by atoms with Crippen molar-refractivity contribution in [3.63, 3.8) is 0 Å². The first-order chi connectivity index (χ1) is 5.95. The molecule has 0 saturated heterocycles. The van der Waals surface area contributed by atoms with Crippen molar-refractivity contribution in [2.24, 2.45) is 5.41 Å². The van der Waals surface area contributed by atoms with Crippen LogP contribution >= 0.6 is 0 Å². The lowest BCUT2D eigenvalue weighted by atomic mass is 9.89. The van der Waals surface area contributed by atoms with Crippen LogP contribution in [0.2, 0.25) is 0 Å². The zero-order chi connectivity index (χ0) is 10.5. The summed E-state index contributed by atoms with van der Waals surface area (Å²) in [5.41, 5.74) is -0.272. The van der Waals surface area contributed by atoms with Gasteiger partial charge in [0.05, 0.1) is 0 Å². The summed E-state index contributed by atoms with van der Waals surface area (Å²) in [7, 11) is 1.77. The summed E-state index contributed by atoms with van der Waals surface area (Å²) in [6.45, 7) is 8.88. The Morgan fingerprint density at radius 3 is 2.31 bits per heavy atom. The van der Waals surface area contributed by atoms with Gasteiger partial charge in [-0.1, -0.05) is 20.8 Å².